The van der Waals surface area contributed by atoms with Gasteiger partial charge in [-0.15, -0.1) is 0 Å². The maximum absolute atomic E-state index is 16.4. The van der Waals surface area contributed by atoms with Crippen LogP contribution in [0.2, 0.25) is 22.2 Å². The topological polar surface area (TPSA) is 321 Å². The molecule has 3 fully saturated rings. The molecule has 3 saturated heterocycles. The van der Waals surface area contributed by atoms with E-state index in [9.17, 15) is 29.2 Å². The zero-order valence-corrected chi connectivity index (χ0v) is 58.8. The molecule has 30 heteroatoms. The Balaban J connectivity index is 0.964. The molecule has 3 aliphatic heterocycles. The molecule has 1 unspecified atom stereocenters. The fourth-order valence-corrected chi connectivity index (χ4v) is 25.3. The van der Waals surface area contributed by atoms with Crippen LogP contribution in [-0.2, 0) is 50.1 Å². The highest BCUT2D eigenvalue weighted by Gasteiger charge is 2.63. The molecule has 0 saturated carbocycles. The first-order valence-electron chi connectivity index (χ1n) is 32.7. The summed E-state index contributed by atoms with van der Waals surface area (Å²) >= 11 is 0. The Morgan fingerprint density at radius 3 is 1.60 bits per heavy atom. The first-order valence-corrected chi connectivity index (χ1v) is 38.1. The van der Waals surface area contributed by atoms with Gasteiger partial charge in [0.25, 0.3) is 17.7 Å². The third-order valence-electron chi connectivity index (χ3n) is 17.7. The van der Waals surface area contributed by atoms with Gasteiger partial charge in [-0.2, -0.15) is 5.26 Å². The summed E-state index contributed by atoms with van der Waals surface area (Å²) < 4.78 is 88.0. The van der Waals surface area contributed by atoms with Crippen LogP contribution in [0.25, 0.3) is 22.3 Å². The van der Waals surface area contributed by atoms with Crippen molar-refractivity contribution in [3.05, 3.63) is 205 Å². The second kappa shape index (κ2) is 30.2. The molecule has 0 aliphatic carbocycles. The molecule has 3 amide bonds. The standard InChI is InChI=1S/C70H74N11O16PSi2/c1-43(2)99(44(3)4)90-38-53-57(96-100(97-99,45(5)6)46(7)8)59(68(92-53)79-41-76-54-60(72-39-73-61(54)79)78-64(82)47-25-14-9-15-26-47)95-98(87,88-36-24-35-71)89-37-52-56(93-69(85)50-31-20-12-21-32-50)58(94-70(86)51-33-22-13-23-34-51)67(91-52)80-42-77-55-62(80)74-40-75-63(55)81(65(83)48-27-16-10-17-28-48)66(84)49-29-18-11-19-30-49/h9-23,25-34,39-46,52-53,56-59,67-68H,24,36-38H2,1-8H3,(H,72,73,78,82)/t52-,53-,56-,57-,58-,59-,67-,68-,98?/m1/s1. The number of imide groups is 1. The Bertz CT molecular complexity index is 4430. The molecule has 3 aliphatic rings. The lowest BCUT2D eigenvalue weighted by molar-refractivity contribution is -0.0660. The van der Waals surface area contributed by atoms with Gasteiger partial charge in [-0.05, 0) is 82.8 Å². The van der Waals surface area contributed by atoms with Gasteiger partial charge < -0.3 is 37.2 Å². The van der Waals surface area contributed by atoms with Gasteiger partial charge in [0, 0.05) is 16.7 Å². The number of nitrogens with zero attached hydrogens (tertiary/aromatic N) is 10. The highest BCUT2D eigenvalue weighted by molar-refractivity contribution is 7.48. The number of anilines is 2. The molecule has 4 aromatic heterocycles. The van der Waals surface area contributed by atoms with Gasteiger partial charge in [-0.1, -0.05) is 146 Å². The fourth-order valence-electron chi connectivity index (χ4n) is 12.7. The molecule has 7 heterocycles. The first kappa shape index (κ1) is 70.4. The van der Waals surface area contributed by atoms with Crippen LogP contribution in [0, 0.1) is 11.3 Å². The molecule has 0 spiro atoms. The zero-order valence-electron chi connectivity index (χ0n) is 56.0. The van der Waals surface area contributed by atoms with Gasteiger partial charge in [0.1, 0.15) is 37.1 Å². The molecule has 1 N–H and O–H groups in total. The van der Waals surface area contributed by atoms with Crippen LogP contribution in [0.3, 0.4) is 0 Å². The number of hydrogen-bond acceptors (Lipinski definition) is 23. The summed E-state index contributed by atoms with van der Waals surface area (Å²) in [7, 11) is -12.0. The van der Waals surface area contributed by atoms with Crippen molar-refractivity contribution in [2.24, 2.45) is 0 Å². The predicted octanol–water partition coefficient (Wildman–Crippen LogP) is 12.0. The number of amides is 3. The zero-order chi connectivity index (χ0) is 70.5. The normalized spacial score (nSPS) is 21.6. The summed E-state index contributed by atoms with van der Waals surface area (Å²) in [6.07, 6.45) is -6.75. The minimum absolute atomic E-state index is 0.0490. The average molecular weight is 1410 g/mol. The van der Waals surface area contributed by atoms with E-state index in [1.165, 1.54) is 52.4 Å². The maximum atomic E-state index is 16.4. The number of phosphoric ester groups is 1. The van der Waals surface area contributed by atoms with Crippen molar-refractivity contribution in [3.8, 4) is 6.07 Å². The van der Waals surface area contributed by atoms with E-state index in [4.69, 9.17) is 50.5 Å². The van der Waals surface area contributed by atoms with E-state index < -0.39 is 117 Å². The third-order valence-corrected chi connectivity index (χ3v) is 29.4. The minimum Gasteiger partial charge on any atom is -0.452 e. The monoisotopic (exact) mass is 1410 g/mol. The van der Waals surface area contributed by atoms with Gasteiger partial charge in [-0.3, -0.25) is 37.1 Å². The summed E-state index contributed by atoms with van der Waals surface area (Å²) in [5, 5.41) is 12.8. The highest BCUT2D eigenvalue weighted by atomic mass is 31.2. The number of phosphoric acid groups is 1. The van der Waals surface area contributed by atoms with Crippen LogP contribution in [0.5, 0.6) is 0 Å². The Morgan fingerprint density at radius 2 is 1.07 bits per heavy atom. The SMILES string of the molecule is CC(C)[Si]1(C(C)C)OC[C@H]2O[C@@H](n3cnc4c(NC(=O)c5ccccc5)ncnc43)[C@H](OP(=O)(OCCC#N)OC[C@H]3O[C@@H](n4cnc5c(N(C(=O)c6ccccc6)C(=O)c6ccccc6)ncnc54)[C@H](OC(=O)c4ccccc4)[C@@H]3OC(=O)c3ccccc3)[C@@H]2O[Si](C(C)C)(C(C)C)O1. The second-order valence-electron chi connectivity index (χ2n) is 25.3. The van der Waals surface area contributed by atoms with Crippen molar-refractivity contribution in [1.29, 1.82) is 5.26 Å². The van der Waals surface area contributed by atoms with E-state index >= 15 is 4.57 Å². The molecule has 27 nitrogen and oxygen atoms in total. The molecule has 9 atom stereocenters. The van der Waals surface area contributed by atoms with Crippen LogP contribution < -0.4 is 10.2 Å². The van der Waals surface area contributed by atoms with Crippen molar-refractivity contribution in [1.82, 2.24) is 39.0 Å². The minimum atomic E-state index is -5.20. The van der Waals surface area contributed by atoms with Crippen LogP contribution in [0.4, 0.5) is 11.6 Å². The number of aromatic nitrogens is 8. The molecule has 5 aromatic carbocycles. The van der Waals surface area contributed by atoms with Crippen molar-refractivity contribution in [2.75, 3.05) is 30.0 Å². The van der Waals surface area contributed by atoms with E-state index in [-0.39, 0.29) is 91.4 Å². The molecule has 100 heavy (non-hydrogen) atoms. The lowest BCUT2D eigenvalue weighted by Gasteiger charge is -2.51. The molecule has 0 radical (unpaired) electrons. The largest absolute Gasteiger partial charge is 0.475 e. The fraction of sp³-hybridized carbons (Fsp3) is 0.343. The molecule has 12 rings (SSSR count). The number of carbonyl (C=O) groups excluding carboxylic acids is 5. The Kier molecular flexibility index (Phi) is 21.3. The van der Waals surface area contributed by atoms with Crippen molar-refractivity contribution in [2.45, 2.75) is 133 Å². The van der Waals surface area contributed by atoms with Gasteiger partial charge >= 0.3 is 36.9 Å². The van der Waals surface area contributed by atoms with Gasteiger partial charge in [0.15, 0.2) is 58.6 Å². The maximum Gasteiger partial charge on any atom is 0.475 e. The number of benzene rings is 5. The summed E-state index contributed by atoms with van der Waals surface area (Å²) in [5.74, 6) is -3.89. The Morgan fingerprint density at radius 1 is 0.590 bits per heavy atom. The van der Waals surface area contributed by atoms with Gasteiger partial charge in [-0.25, -0.2) is 49.0 Å². The molecule has 0 bridgehead atoms. The number of fused-ring (bicyclic) bond motifs is 3. The average Bonchev–Trinajstić information content (AvgIpc) is 1.47. The van der Waals surface area contributed by atoms with Crippen molar-refractivity contribution < 1.29 is 74.0 Å². The summed E-state index contributed by atoms with van der Waals surface area (Å²) in [6.45, 7) is 15.0. The number of rotatable bonds is 23. The van der Waals surface area contributed by atoms with Crippen molar-refractivity contribution in [3.63, 3.8) is 0 Å². The van der Waals surface area contributed by atoms with Crippen LogP contribution in [0.1, 0.15) is 126 Å². The summed E-state index contributed by atoms with van der Waals surface area (Å²) in [4.78, 5) is 100. The number of imidazole rings is 2. The molecule has 9 aromatic rings. The number of ether oxygens (including phenoxy) is 4. The van der Waals surface area contributed by atoms with Gasteiger partial charge in [0.05, 0.1) is 56.1 Å². The number of carbonyl (C=O) groups is 5. The second-order valence-corrected chi connectivity index (χ2v) is 35.7. The molecular weight excluding hydrogens is 1340 g/mol. The number of hydrogen-bond donors (Lipinski definition) is 1. The van der Waals surface area contributed by atoms with Crippen molar-refractivity contribution >= 4 is 88.6 Å². The van der Waals surface area contributed by atoms with Crippen LogP contribution in [-0.4, -0.2) is 142 Å². The summed E-state index contributed by atoms with van der Waals surface area (Å²) in [5.41, 5.74) is 0.441. The summed E-state index contributed by atoms with van der Waals surface area (Å²) in [6, 6.07) is 42.8. The number of nitriles is 1. The first-order chi connectivity index (χ1) is 48.2. The van der Waals surface area contributed by atoms with E-state index in [0.717, 1.165) is 11.2 Å². The van der Waals surface area contributed by atoms with Gasteiger partial charge in [0.2, 0.25) is 0 Å². The quantitative estimate of drug-likeness (QED) is 0.0204. The smallest absolute Gasteiger partial charge is 0.452 e. The Hall–Kier alpha value is -9.42. The lowest BCUT2D eigenvalue weighted by atomic mass is 10.1. The third kappa shape index (κ3) is 14.2. The number of nitrogens with one attached hydrogen (secondary N) is 1. The highest BCUT2D eigenvalue weighted by Crippen LogP contribution is 2.57. The van der Waals surface area contributed by atoms with E-state index in [0.29, 0.717) is 5.56 Å². The van der Waals surface area contributed by atoms with Crippen LogP contribution >= 0.6 is 7.82 Å². The number of esters is 2. The van der Waals surface area contributed by atoms with E-state index in [1.807, 2.05) is 33.8 Å². The predicted molar refractivity (Wildman–Crippen MR) is 367 cm³/mol. The Labute approximate surface area is 578 Å². The van der Waals surface area contributed by atoms with E-state index in [2.05, 4.69) is 57.9 Å². The lowest BCUT2D eigenvalue weighted by Crippen LogP contribution is -2.65. The molecular formula is C70H74N11O16PSi2. The molecule has 518 valence electrons. The van der Waals surface area contributed by atoms with Crippen LogP contribution in [0.15, 0.2) is 177 Å². The van der Waals surface area contributed by atoms with E-state index in [1.54, 1.807) is 127 Å².